The Labute approximate surface area is 106 Å². The highest BCUT2D eigenvalue weighted by atomic mass is 79.9. The highest BCUT2D eigenvalue weighted by Crippen LogP contribution is 2.20. The maximum absolute atomic E-state index is 3.68. The molecule has 1 atom stereocenters. The fraction of sp³-hybridized carbons (Fsp3) is 0.833. The van der Waals surface area contributed by atoms with E-state index < -0.39 is 0 Å². The van der Waals surface area contributed by atoms with Gasteiger partial charge in [-0.2, -0.15) is 0 Å². The summed E-state index contributed by atoms with van der Waals surface area (Å²) < 4.78 is 1.36. The molecule has 0 fully saturated rings. The van der Waals surface area contributed by atoms with Crippen LogP contribution in [-0.4, -0.2) is 4.83 Å². The minimum atomic E-state index is 0.554. The molecule has 0 amide bonds. The van der Waals surface area contributed by atoms with Crippen LogP contribution in [0.1, 0.15) is 58.8 Å². The van der Waals surface area contributed by atoms with Crippen molar-refractivity contribution in [1.82, 2.24) is 0 Å². The minimum absolute atomic E-state index is 0.554. The van der Waals surface area contributed by atoms with Gasteiger partial charge in [-0.25, -0.2) is 0 Å². The van der Waals surface area contributed by atoms with Crippen molar-refractivity contribution in [3.63, 3.8) is 0 Å². The zero-order chi connectivity index (χ0) is 10.8. The zero-order valence-electron chi connectivity index (χ0n) is 9.36. The molecule has 0 aromatic carbocycles. The molecule has 84 valence electrons. The predicted molar refractivity (Wildman–Crippen MR) is 73.4 cm³/mol. The predicted octanol–water partition coefficient (Wildman–Crippen LogP) is 5.80. The van der Waals surface area contributed by atoms with E-state index in [1.807, 2.05) is 0 Å². The number of hydrogen-bond acceptors (Lipinski definition) is 0. The Morgan fingerprint density at radius 3 is 2.36 bits per heavy atom. The Kier molecular flexibility index (Phi) is 10.7. The average molecular weight is 326 g/mol. The Bertz CT molecular complexity index is 152. The molecule has 0 radical (unpaired) electrons. The molecule has 1 unspecified atom stereocenters. The van der Waals surface area contributed by atoms with E-state index in [0.29, 0.717) is 4.83 Å². The monoisotopic (exact) mass is 324 g/mol. The third kappa shape index (κ3) is 9.26. The van der Waals surface area contributed by atoms with Crippen molar-refractivity contribution >= 4 is 31.9 Å². The maximum atomic E-state index is 3.68. The van der Waals surface area contributed by atoms with Gasteiger partial charge in [0.1, 0.15) is 0 Å². The second kappa shape index (κ2) is 10.2. The second-order valence-corrected chi connectivity index (χ2v) is 5.92. The van der Waals surface area contributed by atoms with Crippen molar-refractivity contribution in [1.29, 1.82) is 0 Å². The van der Waals surface area contributed by atoms with Crippen LogP contribution in [0.4, 0.5) is 0 Å². The first-order chi connectivity index (χ1) is 6.70. The molecule has 0 nitrogen and oxygen atoms in total. The highest BCUT2D eigenvalue weighted by Gasteiger charge is 2.00. The second-order valence-electron chi connectivity index (χ2n) is 3.73. The number of hydrogen-bond donors (Lipinski definition) is 0. The Morgan fingerprint density at radius 1 is 1.14 bits per heavy atom. The van der Waals surface area contributed by atoms with E-state index in [-0.39, 0.29) is 0 Å². The summed E-state index contributed by atoms with van der Waals surface area (Å²) in [6, 6.07) is 0. The molecular formula is C12H22Br2. The summed E-state index contributed by atoms with van der Waals surface area (Å²) in [6.07, 6.45) is 11.3. The largest absolute Gasteiger partial charge is 0.0845 e. The summed E-state index contributed by atoms with van der Waals surface area (Å²) in [5, 5.41) is 0. The van der Waals surface area contributed by atoms with Crippen LogP contribution in [0.25, 0.3) is 0 Å². The zero-order valence-corrected chi connectivity index (χ0v) is 12.5. The Hall–Kier alpha value is 0.700. The first-order valence-electron chi connectivity index (χ1n) is 5.71. The van der Waals surface area contributed by atoms with Crippen molar-refractivity contribution in [2.24, 2.45) is 0 Å². The number of alkyl halides is 1. The van der Waals surface area contributed by atoms with Gasteiger partial charge in [-0.05, 0) is 23.7 Å². The minimum Gasteiger partial charge on any atom is -0.0845 e. The summed E-state index contributed by atoms with van der Waals surface area (Å²) in [6.45, 7) is 4.48. The first-order valence-corrected chi connectivity index (χ1v) is 7.41. The van der Waals surface area contributed by atoms with E-state index in [2.05, 4.69) is 51.8 Å². The van der Waals surface area contributed by atoms with Crippen LogP contribution in [0.3, 0.4) is 0 Å². The van der Waals surface area contributed by atoms with Crippen LogP contribution in [0, 0.1) is 0 Å². The van der Waals surface area contributed by atoms with Crippen LogP contribution in [0.2, 0.25) is 0 Å². The van der Waals surface area contributed by atoms with E-state index in [1.165, 1.54) is 49.4 Å². The molecule has 0 saturated carbocycles. The number of rotatable bonds is 8. The molecule has 0 aliphatic heterocycles. The summed E-state index contributed by atoms with van der Waals surface area (Å²) in [7, 11) is 0. The van der Waals surface area contributed by atoms with Gasteiger partial charge in [0.2, 0.25) is 0 Å². The molecule has 0 aliphatic rings. The standard InChI is InChI=1S/C12H22Br2/c1-3-5-7-9-12(14)10-11(13)8-6-4-2/h10-11H,3-9H2,1-2H3/b12-10-. The van der Waals surface area contributed by atoms with Crippen LogP contribution >= 0.6 is 31.9 Å². The lowest BCUT2D eigenvalue weighted by molar-refractivity contribution is 0.719. The Balaban J connectivity index is 3.61. The van der Waals surface area contributed by atoms with E-state index in [9.17, 15) is 0 Å². The van der Waals surface area contributed by atoms with Crippen molar-refractivity contribution in [2.45, 2.75) is 63.6 Å². The van der Waals surface area contributed by atoms with Crippen LogP contribution < -0.4 is 0 Å². The molecule has 2 heteroatoms. The fourth-order valence-electron chi connectivity index (χ4n) is 1.31. The van der Waals surface area contributed by atoms with Crippen LogP contribution in [0.5, 0.6) is 0 Å². The van der Waals surface area contributed by atoms with E-state index >= 15 is 0 Å². The summed E-state index contributed by atoms with van der Waals surface area (Å²) >= 11 is 7.31. The van der Waals surface area contributed by atoms with Crippen LogP contribution in [0.15, 0.2) is 10.6 Å². The quantitative estimate of drug-likeness (QED) is 0.391. The van der Waals surface area contributed by atoms with Gasteiger partial charge < -0.3 is 0 Å². The maximum Gasteiger partial charge on any atom is 0.0336 e. The van der Waals surface area contributed by atoms with Gasteiger partial charge in [-0.15, -0.1) is 0 Å². The van der Waals surface area contributed by atoms with Crippen molar-refractivity contribution in [3.05, 3.63) is 10.6 Å². The van der Waals surface area contributed by atoms with Gasteiger partial charge in [-0.3, -0.25) is 0 Å². The lowest BCUT2D eigenvalue weighted by Crippen LogP contribution is -1.93. The molecule has 0 aromatic rings. The number of halogens is 2. The summed E-state index contributed by atoms with van der Waals surface area (Å²) in [5.74, 6) is 0. The normalized spacial score (nSPS) is 14.4. The molecule has 0 heterocycles. The molecule has 0 aromatic heterocycles. The van der Waals surface area contributed by atoms with E-state index in [4.69, 9.17) is 0 Å². The molecule has 0 N–H and O–H groups in total. The summed E-state index contributed by atoms with van der Waals surface area (Å²) in [4.78, 5) is 0.554. The lowest BCUT2D eigenvalue weighted by atomic mass is 10.1. The lowest BCUT2D eigenvalue weighted by Gasteiger charge is -2.05. The smallest absolute Gasteiger partial charge is 0.0336 e. The first kappa shape index (κ1) is 14.7. The highest BCUT2D eigenvalue weighted by molar-refractivity contribution is 9.12. The van der Waals surface area contributed by atoms with Crippen molar-refractivity contribution in [3.8, 4) is 0 Å². The SMILES string of the molecule is CCCCC/C(Br)=C/C(Br)CCCC. The van der Waals surface area contributed by atoms with Gasteiger partial charge in [0, 0.05) is 4.83 Å². The molecule has 0 aliphatic carbocycles. The van der Waals surface area contributed by atoms with E-state index in [1.54, 1.807) is 0 Å². The summed E-state index contributed by atoms with van der Waals surface area (Å²) in [5.41, 5.74) is 0. The number of allylic oxidation sites excluding steroid dienone is 2. The molecule has 14 heavy (non-hydrogen) atoms. The molecular weight excluding hydrogens is 304 g/mol. The third-order valence-electron chi connectivity index (χ3n) is 2.21. The van der Waals surface area contributed by atoms with Gasteiger partial charge in [-0.1, -0.05) is 77.5 Å². The Morgan fingerprint density at radius 2 is 1.79 bits per heavy atom. The fourth-order valence-corrected chi connectivity index (χ4v) is 2.90. The van der Waals surface area contributed by atoms with Gasteiger partial charge in [0.05, 0.1) is 0 Å². The van der Waals surface area contributed by atoms with Crippen molar-refractivity contribution in [2.75, 3.05) is 0 Å². The van der Waals surface area contributed by atoms with E-state index in [0.717, 1.165) is 0 Å². The number of unbranched alkanes of at least 4 members (excludes halogenated alkanes) is 3. The van der Waals surface area contributed by atoms with Crippen LogP contribution in [-0.2, 0) is 0 Å². The van der Waals surface area contributed by atoms with Crippen molar-refractivity contribution < 1.29 is 0 Å². The molecule has 0 rings (SSSR count). The third-order valence-corrected chi connectivity index (χ3v) is 3.60. The topological polar surface area (TPSA) is 0 Å². The van der Waals surface area contributed by atoms with Gasteiger partial charge >= 0.3 is 0 Å². The van der Waals surface area contributed by atoms with Gasteiger partial charge in [0.15, 0.2) is 0 Å². The average Bonchev–Trinajstić information content (AvgIpc) is 2.15. The molecule has 0 bridgehead atoms. The molecule has 0 saturated heterocycles. The van der Waals surface area contributed by atoms with Gasteiger partial charge in [0.25, 0.3) is 0 Å². The molecule has 0 spiro atoms.